The number of hydrogen-bond donors (Lipinski definition) is 4. The van der Waals surface area contributed by atoms with Crippen molar-refractivity contribution in [3.8, 4) is 5.75 Å². The fourth-order valence-electron chi connectivity index (χ4n) is 6.20. The third kappa shape index (κ3) is 5.53. The van der Waals surface area contributed by atoms with Gasteiger partial charge in [-0.2, -0.15) is 4.98 Å². The molecule has 0 unspecified atom stereocenters. The number of benzene rings is 1. The molecule has 2 aromatic rings. The summed E-state index contributed by atoms with van der Waals surface area (Å²) in [5, 5.41) is 9.65. The molecule has 3 aliphatic rings. The van der Waals surface area contributed by atoms with Crippen LogP contribution in [0.25, 0.3) is 0 Å². The lowest BCUT2D eigenvalue weighted by molar-refractivity contribution is -0.129. The lowest BCUT2D eigenvalue weighted by atomic mass is 9.88. The second kappa shape index (κ2) is 11.9. The van der Waals surface area contributed by atoms with Crippen molar-refractivity contribution in [3.05, 3.63) is 41.1 Å². The van der Waals surface area contributed by atoms with Crippen molar-refractivity contribution in [3.63, 3.8) is 0 Å². The molecule has 13 heteroatoms. The van der Waals surface area contributed by atoms with Gasteiger partial charge in [-0.25, -0.2) is 4.98 Å². The molecule has 2 heterocycles. The summed E-state index contributed by atoms with van der Waals surface area (Å²) in [6, 6.07) is 2.74. The molecule has 3 amide bonds. The second-order valence-electron chi connectivity index (χ2n) is 10.4. The van der Waals surface area contributed by atoms with E-state index in [1.807, 2.05) is 13.0 Å². The number of allylic oxidation sites excluding steroid dienone is 1. The number of anilines is 4. The maximum Gasteiger partial charge on any atom is 0.249 e. The van der Waals surface area contributed by atoms with E-state index in [0.29, 0.717) is 47.4 Å². The Bertz CT molecular complexity index is 1390. The van der Waals surface area contributed by atoms with Crippen LogP contribution in [0.15, 0.2) is 30.5 Å². The number of ether oxygens (including phenoxy) is 2. The molecule has 1 aromatic heterocycles. The molecule has 1 aromatic carbocycles. The minimum Gasteiger partial charge on any atom is -0.494 e. The normalized spacial score (nSPS) is 24.5. The van der Waals surface area contributed by atoms with Gasteiger partial charge in [-0.1, -0.05) is 23.8 Å². The summed E-state index contributed by atoms with van der Waals surface area (Å²) in [4.78, 5) is 48.2. The molecule has 5 N–H and O–H groups in total. The summed E-state index contributed by atoms with van der Waals surface area (Å²) in [5.41, 5.74) is 7.85. The molecule has 0 radical (unpaired) electrons. The van der Waals surface area contributed by atoms with Gasteiger partial charge in [0.05, 0.1) is 30.6 Å². The van der Waals surface area contributed by atoms with Gasteiger partial charge in [-0.3, -0.25) is 14.4 Å². The van der Waals surface area contributed by atoms with Crippen LogP contribution in [0.2, 0.25) is 5.02 Å². The summed E-state index contributed by atoms with van der Waals surface area (Å²) in [5.74, 6) is 0.241. The molecule has 2 bridgehead atoms. The van der Waals surface area contributed by atoms with E-state index in [1.165, 1.54) is 13.3 Å². The fourth-order valence-corrected chi connectivity index (χ4v) is 6.35. The summed E-state index contributed by atoms with van der Waals surface area (Å²) in [6.07, 6.45) is 7.38. The number of amides is 3. The van der Waals surface area contributed by atoms with Gasteiger partial charge in [0.15, 0.2) is 5.82 Å². The van der Waals surface area contributed by atoms with Crippen molar-refractivity contribution >= 4 is 52.5 Å². The number of primary amides is 1. The maximum absolute atomic E-state index is 13.3. The van der Waals surface area contributed by atoms with Gasteiger partial charge < -0.3 is 36.1 Å². The SMILES string of the molecule is CCN1C(=O)[C@H](NC(=O)COC)CCc2c1ccc(Nc1ncc(Cl)c(N[C@H]3[C@@H](C(N)=O)[C@@H]4C=C[C@H]3C4)n1)c2OC. The highest BCUT2D eigenvalue weighted by Gasteiger charge is 2.47. The number of nitrogens with zero attached hydrogens (tertiary/aromatic N) is 3. The van der Waals surface area contributed by atoms with Crippen LogP contribution in [0.5, 0.6) is 5.75 Å². The van der Waals surface area contributed by atoms with Crippen LogP contribution in [-0.2, 0) is 25.5 Å². The lowest BCUT2D eigenvalue weighted by Gasteiger charge is -2.27. The summed E-state index contributed by atoms with van der Waals surface area (Å²) in [7, 11) is 2.99. The summed E-state index contributed by atoms with van der Waals surface area (Å²) in [6.45, 7) is 2.17. The molecule has 12 nitrogen and oxygen atoms in total. The van der Waals surface area contributed by atoms with E-state index in [0.717, 1.165) is 12.0 Å². The van der Waals surface area contributed by atoms with Crippen LogP contribution >= 0.6 is 11.6 Å². The number of likely N-dealkylation sites (N-methyl/N-ethyl adjacent to an activating group) is 1. The molecule has 218 valence electrons. The fraction of sp³-hybridized carbons (Fsp3) is 0.464. The van der Waals surface area contributed by atoms with E-state index in [1.54, 1.807) is 18.1 Å². The minimum atomic E-state index is -0.690. The van der Waals surface area contributed by atoms with E-state index in [4.69, 9.17) is 26.8 Å². The molecule has 5 atom stereocenters. The van der Waals surface area contributed by atoms with Crippen LogP contribution in [0.1, 0.15) is 25.3 Å². The number of fused-ring (bicyclic) bond motifs is 3. The Hall–Kier alpha value is -3.90. The van der Waals surface area contributed by atoms with Gasteiger partial charge in [0, 0.05) is 25.3 Å². The summed E-state index contributed by atoms with van der Waals surface area (Å²) < 4.78 is 10.7. The van der Waals surface area contributed by atoms with E-state index in [2.05, 4.69) is 38.1 Å². The highest BCUT2D eigenvalue weighted by atomic mass is 35.5. The topological polar surface area (TPSA) is 161 Å². The Balaban J connectivity index is 1.40. The van der Waals surface area contributed by atoms with Crippen LogP contribution in [0.4, 0.5) is 23.1 Å². The Morgan fingerprint density at radius 3 is 2.71 bits per heavy atom. The van der Waals surface area contributed by atoms with Crippen LogP contribution in [0, 0.1) is 17.8 Å². The molecule has 1 fully saturated rings. The third-order valence-electron chi connectivity index (χ3n) is 7.99. The number of halogens is 1. The first-order chi connectivity index (χ1) is 19.7. The number of rotatable bonds is 10. The van der Waals surface area contributed by atoms with E-state index in [-0.39, 0.29) is 54.1 Å². The second-order valence-corrected chi connectivity index (χ2v) is 10.8. The average Bonchev–Trinajstić information content (AvgIpc) is 3.52. The van der Waals surface area contributed by atoms with E-state index < -0.39 is 6.04 Å². The zero-order valence-electron chi connectivity index (χ0n) is 23.1. The molecule has 1 aliphatic heterocycles. The standard InChI is InChI=1S/C28H34ClN7O5/c1-4-36-20-10-9-18(24(41-3)16(20)7-8-19(27(36)39)32-21(37)13-40-2)33-28-31-12-17(29)26(35-28)34-23-15-6-5-14(11-15)22(23)25(30)38/h5-6,9-10,12,14-15,19,22-23H,4,7-8,11,13H2,1-3H3,(H2,30,38)(H,32,37)(H2,31,33,34,35)/t14-,15+,19-,22+,23-/m1/s1. The molecule has 41 heavy (non-hydrogen) atoms. The molecule has 5 rings (SSSR count). The highest BCUT2D eigenvalue weighted by Crippen LogP contribution is 2.45. The smallest absolute Gasteiger partial charge is 0.249 e. The molecule has 1 saturated carbocycles. The number of aromatic nitrogens is 2. The molecule has 0 saturated heterocycles. The highest BCUT2D eigenvalue weighted by molar-refractivity contribution is 6.32. The predicted molar refractivity (Wildman–Crippen MR) is 154 cm³/mol. The first-order valence-corrected chi connectivity index (χ1v) is 14.0. The Labute approximate surface area is 243 Å². The average molecular weight is 584 g/mol. The van der Waals surface area contributed by atoms with Crippen LogP contribution in [-0.4, -0.2) is 67.1 Å². The van der Waals surface area contributed by atoms with Gasteiger partial charge in [-0.15, -0.1) is 0 Å². The summed E-state index contributed by atoms with van der Waals surface area (Å²) >= 11 is 6.44. The van der Waals surface area contributed by atoms with Crippen molar-refractivity contribution in [1.82, 2.24) is 15.3 Å². The molecule has 0 spiro atoms. The number of methoxy groups -OCH3 is 2. The molecular formula is C28H34ClN7O5. The van der Waals surface area contributed by atoms with Crippen molar-refractivity contribution in [2.75, 3.05) is 42.9 Å². The van der Waals surface area contributed by atoms with Gasteiger partial charge in [-0.05, 0) is 50.2 Å². The quantitative estimate of drug-likeness (QED) is 0.308. The van der Waals surface area contributed by atoms with Gasteiger partial charge in [0.25, 0.3) is 0 Å². The number of carbonyl (C=O) groups excluding carboxylic acids is 3. The van der Waals surface area contributed by atoms with Gasteiger partial charge in [0.1, 0.15) is 23.4 Å². The Morgan fingerprint density at radius 2 is 2.00 bits per heavy atom. The van der Waals surface area contributed by atoms with Crippen molar-refractivity contribution in [1.29, 1.82) is 0 Å². The van der Waals surface area contributed by atoms with Gasteiger partial charge >= 0.3 is 0 Å². The Kier molecular flexibility index (Phi) is 8.32. The first-order valence-electron chi connectivity index (χ1n) is 13.6. The van der Waals surface area contributed by atoms with Crippen molar-refractivity contribution < 1.29 is 23.9 Å². The lowest BCUT2D eigenvalue weighted by Crippen LogP contribution is -2.48. The third-order valence-corrected chi connectivity index (χ3v) is 8.26. The van der Waals surface area contributed by atoms with Crippen molar-refractivity contribution in [2.45, 2.75) is 38.3 Å². The number of carbonyl (C=O) groups is 3. The maximum atomic E-state index is 13.3. The largest absolute Gasteiger partial charge is 0.494 e. The van der Waals surface area contributed by atoms with Crippen LogP contribution < -0.4 is 31.3 Å². The monoisotopic (exact) mass is 583 g/mol. The van der Waals surface area contributed by atoms with Gasteiger partial charge in [0.2, 0.25) is 23.7 Å². The van der Waals surface area contributed by atoms with E-state index in [9.17, 15) is 14.4 Å². The zero-order valence-corrected chi connectivity index (χ0v) is 23.9. The molecular weight excluding hydrogens is 550 g/mol. The minimum absolute atomic E-state index is 0.111. The Morgan fingerprint density at radius 1 is 1.22 bits per heavy atom. The predicted octanol–water partition coefficient (Wildman–Crippen LogP) is 2.40. The molecule has 2 aliphatic carbocycles. The van der Waals surface area contributed by atoms with Crippen molar-refractivity contribution in [2.24, 2.45) is 23.5 Å². The van der Waals surface area contributed by atoms with E-state index >= 15 is 0 Å². The number of hydrogen-bond acceptors (Lipinski definition) is 9. The number of nitrogens with two attached hydrogens (primary N) is 1. The zero-order chi connectivity index (χ0) is 29.3. The first kappa shape index (κ1) is 28.6. The van der Waals surface area contributed by atoms with Crippen LogP contribution in [0.3, 0.4) is 0 Å². The number of nitrogens with one attached hydrogen (secondary N) is 3.